The molecule has 0 amide bonds. The lowest BCUT2D eigenvalue weighted by Crippen LogP contribution is -2.13. The first kappa shape index (κ1) is 14.5. The average Bonchev–Trinajstić information content (AvgIpc) is 2.90. The van der Waals surface area contributed by atoms with E-state index in [4.69, 9.17) is 0 Å². The van der Waals surface area contributed by atoms with Crippen molar-refractivity contribution in [1.29, 1.82) is 0 Å². The average molecular weight is 290 g/mol. The van der Waals surface area contributed by atoms with E-state index in [1.807, 2.05) is 13.1 Å². The van der Waals surface area contributed by atoms with Crippen LogP contribution in [0.5, 0.6) is 0 Å². The summed E-state index contributed by atoms with van der Waals surface area (Å²) in [6.45, 7) is 11.2. The van der Waals surface area contributed by atoms with Gasteiger partial charge in [-0.15, -0.1) is 0 Å². The molecule has 0 atom stereocenters. The molecule has 22 heavy (non-hydrogen) atoms. The summed E-state index contributed by atoms with van der Waals surface area (Å²) in [6.07, 6.45) is 2.93. The van der Waals surface area contributed by atoms with Gasteiger partial charge < -0.3 is 10.2 Å². The van der Waals surface area contributed by atoms with Crippen molar-refractivity contribution in [3.05, 3.63) is 71.8 Å². The van der Waals surface area contributed by atoms with Crippen molar-refractivity contribution in [2.45, 2.75) is 19.9 Å². The van der Waals surface area contributed by atoms with Gasteiger partial charge in [-0.3, -0.25) is 0 Å². The lowest BCUT2D eigenvalue weighted by molar-refractivity contribution is 1.04. The number of anilines is 2. The Morgan fingerprint density at radius 3 is 2.73 bits per heavy atom. The molecule has 0 saturated heterocycles. The highest BCUT2D eigenvalue weighted by Gasteiger charge is 2.24. The summed E-state index contributed by atoms with van der Waals surface area (Å²) in [4.78, 5) is 2.28. The maximum atomic E-state index is 4.31. The Hall–Kier alpha value is -2.48. The van der Waals surface area contributed by atoms with E-state index in [1.54, 1.807) is 0 Å². The zero-order chi connectivity index (χ0) is 15.7. The molecule has 1 aliphatic rings. The molecule has 0 fully saturated rings. The Labute approximate surface area is 132 Å². The lowest BCUT2D eigenvalue weighted by Gasteiger charge is -2.21. The first-order chi connectivity index (χ1) is 10.7. The molecule has 0 saturated carbocycles. The number of nitrogens with one attached hydrogen (secondary N) is 1. The predicted octanol–water partition coefficient (Wildman–Crippen LogP) is 4.92. The summed E-state index contributed by atoms with van der Waals surface area (Å²) in [7, 11) is 1.94. The van der Waals surface area contributed by atoms with Crippen molar-refractivity contribution in [2.24, 2.45) is 0 Å². The molecule has 0 spiro atoms. The topological polar surface area (TPSA) is 15.3 Å². The molecule has 2 aromatic carbocycles. The number of benzene rings is 2. The fourth-order valence-electron chi connectivity index (χ4n) is 3.02. The second-order valence-corrected chi connectivity index (χ2v) is 5.60. The SMILES string of the molecule is C=Cc1ccc(N2Cc3ccc(CC)cc3C2=C)cc1NC. The van der Waals surface area contributed by atoms with Crippen LogP contribution >= 0.6 is 0 Å². The third kappa shape index (κ3) is 2.31. The van der Waals surface area contributed by atoms with Gasteiger partial charge >= 0.3 is 0 Å². The first-order valence-electron chi connectivity index (χ1n) is 7.70. The van der Waals surface area contributed by atoms with Crippen molar-refractivity contribution in [3.63, 3.8) is 0 Å². The highest BCUT2D eigenvalue weighted by atomic mass is 15.2. The first-order valence-corrected chi connectivity index (χ1v) is 7.70. The second-order valence-electron chi connectivity index (χ2n) is 5.60. The number of hydrogen-bond donors (Lipinski definition) is 1. The molecular formula is C20H22N2. The van der Waals surface area contributed by atoms with E-state index in [0.717, 1.165) is 35.6 Å². The van der Waals surface area contributed by atoms with E-state index in [0.29, 0.717) is 0 Å². The molecule has 112 valence electrons. The van der Waals surface area contributed by atoms with Crippen LogP contribution in [0.3, 0.4) is 0 Å². The molecule has 0 aromatic heterocycles. The van der Waals surface area contributed by atoms with E-state index in [-0.39, 0.29) is 0 Å². The van der Waals surface area contributed by atoms with Crippen LogP contribution in [0, 0.1) is 0 Å². The molecule has 1 heterocycles. The van der Waals surface area contributed by atoms with Crippen LogP contribution in [0.25, 0.3) is 11.8 Å². The number of aryl methyl sites for hydroxylation is 1. The highest BCUT2D eigenvalue weighted by molar-refractivity contribution is 5.85. The maximum Gasteiger partial charge on any atom is 0.0488 e. The smallest absolute Gasteiger partial charge is 0.0488 e. The Morgan fingerprint density at radius 1 is 1.23 bits per heavy atom. The summed E-state index contributed by atoms with van der Waals surface area (Å²) in [5.41, 5.74) is 8.43. The molecule has 0 bridgehead atoms. The van der Waals surface area contributed by atoms with Crippen LogP contribution in [0.1, 0.15) is 29.2 Å². The van der Waals surface area contributed by atoms with Gasteiger partial charge in [0, 0.05) is 36.2 Å². The standard InChI is InChI=1S/C20H22N2/c1-5-15-7-8-17-13-22(14(3)19(17)11-15)18-10-9-16(6-2)20(12-18)21-4/h6-12,21H,2-3,5,13H2,1,4H3. The van der Waals surface area contributed by atoms with E-state index < -0.39 is 0 Å². The van der Waals surface area contributed by atoms with Crippen LogP contribution in [-0.4, -0.2) is 7.05 Å². The van der Waals surface area contributed by atoms with E-state index in [1.165, 1.54) is 16.7 Å². The Bertz CT molecular complexity index is 743. The van der Waals surface area contributed by atoms with Gasteiger partial charge in [-0.1, -0.05) is 44.4 Å². The summed E-state index contributed by atoms with van der Waals surface area (Å²) in [6, 6.07) is 13.1. The zero-order valence-corrected chi connectivity index (χ0v) is 13.3. The van der Waals surface area contributed by atoms with E-state index >= 15 is 0 Å². The minimum absolute atomic E-state index is 0.884. The van der Waals surface area contributed by atoms with Gasteiger partial charge in [0.05, 0.1) is 0 Å². The molecule has 1 aliphatic heterocycles. The second kappa shape index (κ2) is 5.72. The molecule has 0 radical (unpaired) electrons. The monoisotopic (exact) mass is 290 g/mol. The van der Waals surface area contributed by atoms with Gasteiger partial charge in [0.1, 0.15) is 0 Å². The fourth-order valence-corrected chi connectivity index (χ4v) is 3.02. The van der Waals surface area contributed by atoms with Crippen molar-refractivity contribution < 1.29 is 0 Å². The Balaban J connectivity index is 1.98. The largest absolute Gasteiger partial charge is 0.388 e. The fraction of sp³-hybridized carbons (Fsp3) is 0.200. The van der Waals surface area contributed by atoms with Crippen molar-refractivity contribution in [2.75, 3.05) is 17.3 Å². The molecule has 2 heteroatoms. The number of fused-ring (bicyclic) bond motifs is 1. The summed E-state index contributed by atoms with van der Waals surface area (Å²) in [5, 5.41) is 3.24. The predicted molar refractivity (Wildman–Crippen MR) is 97.1 cm³/mol. The minimum atomic E-state index is 0.884. The minimum Gasteiger partial charge on any atom is -0.388 e. The third-order valence-electron chi connectivity index (χ3n) is 4.39. The van der Waals surface area contributed by atoms with Crippen LogP contribution in [0.4, 0.5) is 11.4 Å². The quantitative estimate of drug-likeness (QED) is 0.859. The van der Waals surface area contributed by atoms with Crippen LogP contribution in [0.15, 0.2) is 49.6 Å². The molecular weight excluding hydrogens is 268 g/mol. The molecule has 1 N–H and O–H groups in total. The number of hydrogen-bond acceptors (Lipinski definition) is 2. The van der Waals surface area contributed by atoms with Gasteiger partial charge in [0.25, 0.3) is 0 Å². The van der Waals surface area contributed by atoms with Gasteiger partial charge in [0.2, 0.25) is 0 Å². The Kier molecular flexibility index (Phi) is 3.76. The number of nitrogens with zero attached hydrogens (tertiary/aromatic N) is 1. The molecule has 0 aliphatic carbocycles. The van der Waals surface area contributed by atoms with Gasteiger partial charge in [-0.2, -0.15) is 0 Å². The molecule has 3 rings (SSSR count). The molecule has 2 nitrogen and oxygen atoms in total. The summed E-state index contributed by atoms with van der Waals surface area (Å²) in [5.74, 6) is 0. The summed E-state index contributed by atoms with van der Waals surface area (Å²) < 4.78 is 0. The normalized spacial score (nSPS) is 13.2. The molecule has 0 unspecified atom stereocenters. The van der Waals surface area contributed by atoms with Crippen molar-refractivity contribution >= 4 is 23.1 Å². The number of rotatable bonds is 4. The van der Waals surface area contributed by atoms with Crippen molar-refractivity contribution in [1.82, 2.24) is 0 Å². The van der Waals surface area contributed by atoms with Crippen LogP contribution in [0.2, 0.25) is 0 Å². The Morgan fingerprint density at radius 2 is 2.05 bits per heavy atom. The van der Waals surface area contributed by atoms with Gasteiger partial charge in [-0.05, 0) is 41.3 Å². The van der Waals surface area contributed by atoms with Crippen LogP contribution in [-0.2, 0) is 13.0 Å². The van der Waals surface area contributed by atoms with Crippen LogP contribution < -0.4 is 10.2 Å². The highest BCUT2D eigenvalue weighted by Crippen LogP contribution is 2.37. The van der Waals surface area contributed by atoms with Gasteiger partial charge in [0.15, 0.2) is 0 Å². The maximum absolute atomic E-state index is 4.31. The van der Waals surface area contributed by atoms with Crippen molar-refractivity contribution in [3.8, 4) is 0 Å². The lowest BCUT2D eigenvalue weighted by atomic mass is 10.0. The van der Waals surface area contributed by atoms with E-state index in [2.05, 4.69) is 66.7 Å². The van der Waals surface area contributed by atoms with Gasteiger partial charge in [-0.25, -0.2) is 0 Å². The van der Waals surface area contributed by atoms with E-state index in [9.17, 15) is 0 Å². The molecule has 2 aromatic rings. The zero-order valence-electron chi connectivity index (χ0n) is 13.3. The third-order valence-corrected chi connectivity index (χ3v) is 4.39. The summed E-state index contributed by atoms with van der Waals surface area (Å²) >= 11 is 0.